The normalized spacial score (nSPS) is 12.3. The van der Waals surface area contributed by atoms with Crippen molar-refractivity contribution in [2.75, 3.05) is 12.3 Å². The number of hydrogen-bond donors (Lipinski definition) is 1. The zero-order chi connectivity index (χ0) is 17.2. The van der Waals surface area contributed by atoms with E-state index < -0.39 is 14.5 Å². The van der Waals surface area contributed by atoms with Crippen molar-refractivity contribution < 1.29 is 13.5 Å². The number of nitrogens with zero attached hydrogens (tertiary/aromatic N) is 4. The molecule has 0 fully saturated rings. The Bertz CT molecular complexity index is 663. The number of halogens is 2. The number of aromatic nitrogens is 4. The highest BCUT2D eigenvalue weighted by molar-refractivity contribution is 6.76. The van der Waals surface area contributed by atoms with Gasteiger partial charge in [0, 0.05) is 21.7 Å². The summed E-state index contributed by atoms with van der Waals surface area (Å²) in [7, 11) is 0.325. The molecule has 2 aromatic heterocycles. The molecule has 9 heteroatoms. The maximum absolute atomic E-state index is 13.1. The van der Waals surface area contributed by atoms with E-state index in [2.05, 4.69) is 29.8 Å². The van der Waals surface area contributed by atoms with E-state index in [1.165, 1.54) is 17.9 Å². The first-order valence-corrected chi connectivity index (χ1v) is 11.1. The molecule has 2 heterocycles. The van der Waals surface area contributed by atoms with E-state index in [1.54, 1.807) is 6.20 Å². The molecule has 0 aliphatic carbocycles. The van der Waals surface area contributed by atoms with Crippen LogP contribution in [0.25, 0.3) is 11.3 Å². The third-order valence-corrected chi connectivity index (χ3v) is 5.16. The van der Waals surface area contributed by atoms with E-state index in [0.29, 0.717) is 18.0 Å². The van der Waals surface area contributed by atoms with Gasteiger partial charge in [-0.1, -0.05) is 19.6 Å². The van der Waals surface area contributed by atoms with Gasteiger partial charge in [0.15, 0.2) is 0 Å². The fourth-order valence-electron chi connectivity index (χ4n) is 2.14. The van der Waals surface area contributed by atoms with Crippen LogP contribution < -0.4 is 5.73 Å². The predicted octanol–water partition coefficient (Wildman–Crippen LogP) is 3.12. The maximum atomic E-state index is 13.1. The van der Waals surface area contributed by atoms with Crippen LogP contribution in [-0.4, -0.2) is 34.2 Å². The number of anilines is 1. The molecule has 23 heavy (non-hydrogen) atoms. The third-order valence-electron chi connectivity index (χ3n) is 3.46. The summed E-state index contributed by atoms with van der Waals surface area (Å²) in [6, 6.07) is 1.05. The molecule has 0 aliphatic heterocycles. The third kappa shape index (κ3) is 4.38. The van der Waals surface area contributed by atoms with E-state index in [-0.39, 0.29) is 18.0 Å². The van der Waals surface area contributed by atoms with Crippen LogP contribution in [0, 0.1) is 0 Å². The number of hydrogen-bond acceptors (Lipinski definition) is 4. The average molecular weight is 343 g/mol. The Morgan fingerprint density at radius 3 is 2.65 bits per heavy atom. The molecule has 6 nitrogen and oxygen atoms in total. The van der Waals surface area contributed by atoms with E-state index in [9.17, 15) is 8.78 Å². The molecule has 0 saturated heterocycles. The molecule has 2 aromatic rings. The van der Waals surface area contributed by atoms with Gasteiger partial charge in [-0.25, -0.2) is 13.5 Å². The number of alkyl halides is 2. The molecule has 0 saturated carbocycles. The molecule has 2 rings (SSSR count). The Morgan fingerprint density at radius 1 is 1.35 bits per heavy atom. The molecule has 0 amide bonds. The van der Waals surface area contributed by atoms with Gasteiger partial charge in [-0.3, -0.25) is 4.68 Å². The number of rotatable bonds is 7. The zero-order valence-electron chi connectivity index (χ0n) is 13.9. The summed E-state index contributed by atoms with van der Waals surface area (Å²) < 4.78 is 34.6. The Kier molecular flexibility index (Phi) is 5.20. The second-order valence-electron chi connectivity index (χ2n) is 6.69. The molecule has 2 N–H and O–H groups in total. The summed E-state index contributed by atoms with van der Waals surface area (Å²) in [5, 5.41) is 8.13. The Morgan fingerprint density at radius 2 is 2.04 bits per heavy atom. The second-order valence-corrected chi connectivity index (χ2v) is 12.3. The maximum Gasteiger partial charge on any atom is 0.280 e. The quantitative estimate of drug-likeness (QED) is 0.619. The summed E-state index contributed by atoms with van der Waals surface area (Å²) in [6.07, 6.45) is 0.304. The first-order chi connectivity index (χ1) is 10.7. The topological polar surface area (TPSA) is 70.9 Å². The molecular weight excluding hydrogens is 320 g/mol. The molecule has 0 bridgehead atoms. The number of nitrogen functional groups attached to an aromatic ring is 1. The van der Waals surface area contributed by atoms with Gasteiger partial charge >= 0.3 is 0 Å². The minimum absolute atomic E-state index is 0.193. The van der Waals surface area contributed by atoms with Gasteiger partial charge in [0.1, 0.15) is 18.1 Å². The summed E-state index contributed by atoms with van der Waals surface area (Å²) in [4.78, 5) is 0. The van der Waals surface area contributed by atoms with E-state index in [1.807, 2.05) is 0 Å². The minimum atomic E-state index is -2.64. The first kappa shape index (κ1) is 17.6. The van der Waals surface area contributed by atoms with Crippen LogP contribution in [-0.2, 0) is 18.5 Å². The molecule has 0 spiro atoms. The second kappa shape index (κ2) is 6.79. The number of aryl methyl sites for hydroxylation is 1. The Labute approximate surface area is 135 Å². The summed E-state index contributed by atoms with van der Waals surface area (Å²) in [6.45, 7) is 7.72. The van der Waals surface area contributed by atoms with Crippen LogP contribution in [0.4, 0.5) is 14.5 Å². The highest BCUT2D eigenvalue weighted by atomic mass is 28.3. The van der Waals surface area contributed by atoms with Gasteiger partial charge < -0.3 is 10.5 Å². The molecule has 128 valence electrons. The fourth-order valence-corrected chi connectivity index (χ4v) is 2.89. The lowest BCUT2D eigenvalue weighted by atomic mass is 10.1. The van der Waals surface area contributed by atoms with Crippen molar-refractivity contribution in [3.8, 4) is 11.3 Å². The van der Waals surface area contributed by atoms with Crippen LogP contribution in [0.2, 0.25) is 25.7 Å². The van der Waals surface area contributed by atoms with Gasteiger partial charge in [0.05, 0.1) is 23.6 Å². The van der Waals surface area contributed by atoms with Crippen molar-refractivity contribution >= 4 is 13.8 Å². The Balaban J connectivity index is 2.10. The summed E-state index contributed by atoms with van der Waals surface area (Å²) in [5.41, 5.74) is 6.60. The van der Waals surface area contributed by atoms with Crippen LogP contribution in [0.15, 0.2) is 12.4 Å². The minimum Gasteiger partial charge on any atom is -0.396 e. The average Bonchev–Trinajstić information content (AvgIpc) is 2.96. The monoisotopic (exact) mass is 343 g/mol. The lowest BCUT2D eigenvalue weighted by Crippen LogP contribution is -2.22. The van der Waals surface area contributed by atoms with Crippen LogP contribution >= 0.6 is 0 Å². The van der Waals surface area contributed by atoms with Crippen LogP contribution in [0.5, 0.6) is 0 Å². The lowest BCUT2D eigenvalue weighted by Gasteiger charge is -2.15. The highest BCUT2D eigenvalue weighted by Crippen LogP contribution is 2.32. The number of nitrogens with two attached hydrogens (primary N) is 1. The van der Waals surface area contributed by atoms with Crippen molar-refractivity contribution in [2.45, 2.75) is 38.8 Å². The van der Waals surface area contributed by atoms with Crippen LogP contribution in [0.1, 0.15) is 12.1 Å². The van der Waals surface area contributed by atoms with Gasteiger partial charge in [-0.2, -0.15) is 10.2 Å². The highest BCUT2D eigenvalue weighted by Gasteiger charge is 2.23. The summed E-state index contributed by atoms with van der Waals surface area (Å²) in [5.74, 6) is 0. The van der Waals surface area contributed by atoms with Crippen molar-refractivity contribution in [2.24, 2.45) is 7.05 Å². The molecule has 0 unspecified atom stereocenters. The molecule has 0 aromatic carbocycles. The van der Waals surface area contributed by atoms with Gasteiger partial charge in [-0.15, -0.1) is 0 Å². The summed E-state index contributed by atoms with van der Waals surface area (Å²) >= 11 is 0. The molecule has 0 aliphatic rings. The zero-order valence-corrected chi connectivity index (χ0v) is 14.9. The van der Waals surface area contributed by atoms with Crippen molar-refractivity contribution in [3.63, 3.8) is 0 Å². The lowest BCUT2D eigenvalue weighted by molar-refractivity contribution is 0.0788. The smallest absolute Gasteiger partial charge is 0.280 e. The van der Waals surface area contributed by atoms with Crippen molar-refractivity contribution in [3.05, 3.63) is 18.1 Å². The molecule has 0 atom stereocenters. The first-order valence-electron chi connectivity index (χ1n) is 7.40. The van der Waals surface area contributed by atoms with Gasteiger partial charge in [-0.05, 0) is 6.04 Å². The SMILES string of the molecule is Cn1ncc(-c2nn(COCC[Si](C)(C)C)cc2N)c1C(F)F. The van der Waals surface area contributed by atoms with Crippen LogP contribution in [0.3, 0.4) is 0 Å². The fraction of sp³-hybridized carbons (Fsp3) is 0.571. The predicted molar refractivity (Wildman–Crippen MR) is 87.9 cm³/mol. The Hall–Kier alpha value is -1.74. The van der Waals surface area contributed by atoms with Crippen molar-refractivity contribution in [1.29, 1.82) is 0 Å². The molecular formula is C14H23F2N5OSi. The molecule has 0 radical (unpaired) electrons. The standard InChI is InChI=1S/C14H23F2N5OSi/c1-20-13(14(15)16)10(7-18-20)12-11(17)8-21(19-12)9-22-5-6-23(2,3)4/h7-8,14H,5-6,9,17H2,1-4H3. The number of ether oxygens (including phenoxy) is 1. The van der Waals surface area contributed by atoms with Gasteiger partial charge in [0.25, 0.3) is 6.43 Å². The largest absolute Gasteiger partial charge is 0.396 e. The van der Waals surface area contributed by atoms with E-state index in [0.717, 1.165) is 10.7 Å². The van der Waals surface area contributed by atoms with Gasteiger partial charge in [0.2, 0.25) is 0 Å². The van der Waals surface area contributed by atoms with E-state index in [4.69, 9.17) is 10.5 Å². The van der Waals surface area contributed by atoms with Crippen molar-refractivity contribution in [1.82, 2.24) is 19.6 Å². The van der Waals surface area contributed by atoms with E-state index >= 15 is 0 Å².